The molecule has 0 spiro atoms. The summed E-state index contributed by atoms with van der Waals surface area (Å²) in [5, 5.41) is 12.2. The minimum atomic E-state index is 0.746. The molecule has 202 valence electrons. The van der Waals surface area contributed by atoms with Crippen LogP contribution in [0.1, 0.15) is 0 Å². The molecule has 0 aliphatic heterocycles. The van der Waals surface area contributed by atoms with Crippen molar-refractivity contribution in [2.75, 3.05) is 0 Å². The highest BCUT2D eigenvalue weighted by Crippen LogP contribution is 2.34. The fraction of sp³-hybridized carbons (Fsp3) is 0. The lowest BCUT2D eigenvalue weighted by atomic mass is 10.0. The van der Waals surface area contributed by atoms with E-state index in [0.29, 0.717) is 0 Å². The highest BCUT2D eigenvalue weighted by Gasteiger charge is 2.17. The van der Waals surface area contributed by atoms with Gasteiger partial charge in [0.25, 0.3) is 0 Å². The van der Waals surface area contributed by atoms with Crippen molar-refractivity contribution < 1.29 is 0 Å². The van der Waals surface area contributed by atoms with E-state index in [1.807, 2.05) is 103 Å². The van der Waals surface area contributed by atoms with E-state index in [2.05, 4.69) is 34.2 Å². The first kappa shape index (κ1) is 24.7. The van der Waals surface area contributed by atoms with Gasteiger partial charge in [0.15, 0.2) is 0 Å². The molecule has 43 heavy (non-hydrogen) atoms. The molecule has 5 aromatic heterocycles. The number of benzene rings is 3. The molecule has 8 rings (SSSR count). The maximum absolute atomic E-state index is 5.03. The van der Waals surface area contributed by atoms with Gasteiger partial charge in [-0.3, -0.25) is 9.97 Å². The first-order valence-corrected chi connectivity index (χ1v) is 14.0. The number of aromatic nitrogens is 7. The largest absolute Gasteiger partial charge is 0.255 e. The lowest BCUT2D eigenvalue weighted by Crippen LogP contribution is -1.99. The number of fused-ring (bicyclic) bond motifs is 2. The number of hydrogen-bond acceptors (Lipinski definition) is 6. The smallest absolute Gasteiger partial charge is 0.123 e. The zero-order chi connectivity index (χ0) is 28.6. The molecule has 0 radical (unpaired) electrons. The van der Waals surface area contributed by atoms with Crippen LogP contribution in [0, 0.1) is 0 Å². The monoisotopic (exact) mass is 553 g/mol. The van der Waals surface area contributed by atoms with Crippen LogP contribution >= 0.6 is 0 Å². The quantitative estimate of drug-likeness (QED) is 0.216. The number of hydrogen-bond donors (Lipinski definition) is 0. The van der Waals surface area contributed by atoms with Crippen molar-refractivity contribution in [2.24, 2.45) is 0 Å². The van der Waals surface area contributed by atoms with Gasteiger partial charge in [-0.2, -0.15) is 0 Å². The predicted molar refractivity (Wildman–Crippen MR) is 169 cm³/mol. The summed E-state index contributed by atoms with van der Waals surface area (Å²) < 4.78 is 0. The van der Waals surface area contributed by atoms with Crippen LogP contribution in [0.2, 0.25) is 0 Å². The minimum absolute atomic E-state index is 0.746. The Balaban J connectivity index is 1.34. The first-order valence-electron chi connectivity index (χ1n) is 14.0. The van der Waals surface area contributed by atoms with E-state index in [1.165, 1.54) is 0 Å². The second kappa shape index (κ2) is 10.4. The Morgan fingerprint density at radius 1 is 0.465 bits per heavy atom. The van der Waals surface area contributed by atoms with E-state index < -0.39 is 0 Å². The fourth-order valence-electron chi connectivity index (χ4n) is 5.35. The third-order valence-electron chi connectivity index (χ3n) is 7.39. The van der Waals surface area contributed by atoms with Gasteiger partial charge < -0.3 is 0 Å². The molecule has 3 aromatic carbocycles. The van der Waals surface area contributed by atoms with Gasteiger partial charge in [-0.25, -0.2) is 9.97 Å². The van der Waals surface area contributed by atoms with Crippen molar-refractivity contribution >= 4 is 21.8 Å². The molecule has 0 bridgehead atoms. The maximum Gasteiger partial charge on any atom is 0.123 e. The molecular weight excluding hydrogens is 530 g/mol. The molecule has 0 N–H and O–H groups in total. The molecule has 0 atom stereocenters. The molecular formula is C36H23N7. The van der Waals surface area contributed by atoms with Crippen molar-refractivity contribution in [1.29, 1.82) is 0 Å². The zero-order valence-electron chi connectivity index (χ0n) is 22.9. The molecule has 0 unspecified atom stereocenters. The van der Waals surface area contributed by atoms with Crippen LogP contribution in [0.25, 0.3) is 72.8 Å². The van der Waals surface area contributed by atoms with Gasteiger partial charge in [-0.05, 0) is 72.1 Å². The van der Waals surface area contributed by atoms with Crippen molar-refractivity contribution in [1.82, 2.24) is 34.9 Å². The summed E-state index contributed by atoms with van der Waals surface area (Å²) in [6.07, 6.45) is 3.55. The van der Waals surface area contributed by atoms with E-state index in [1.54, 1.807) is 17.2 Å². The Kier molecular flexibility index (Phi) is 5.97. The average molecular weight is 554 g/mol. The highest BCUT2D eigenvalue weighted by atomic mass is 15.5. The molecule has 0 amide bonds. The summed E-state index contributed by atoms with van der Waals surface area (Å²) >= 11 is 0. The Bertz CT molecular complexity index is 2240. The predicted octanol–water partition coefficient (Wildman–Crippen LogP) is 7.82. The van der Waals surface area contributed by atoms with E-state index in [4.69, 9.17) is 20.2 Å². The Morgan fingerprint density at radius 2 is 1.07 bits per heavy atom. The zero-order valence-corrected chi connectivity index (χ0v) is 22.9. The summed E-state index contributed by atoms with van der Waals surface area (Å²) in [7, 11) is 0. The lowest BCUT2D eigenvalue weighted by Gasteiger charge is -2.09. The number of rotatable bonds is 5. The topological polar surface area (TPSA) is 82.3 Å². The van der Waals surface area contributed by atoms with Gasteiger partial charge in [0.2, 0.25) is 0 Å². The summed E-state index contributed by atoms with van der Waals surface area (Å²) in [6, 6.07) is 42.2. The van der Waals surface area contributed by atoms with Crippen molar-refractivity contribution in [3.8, 4) is 51.0 Å². The van der Waals surface area contributed by atoms with Crippen molar-refractivity contribution in [3.63, 3.8) is 0 Å². The van der Waals surface area contributed by atoms with Gasteiger partial charge in [0.05, 0.1) is 39.9 Å². The third-order valence-corrected chi connectivity index (χ3v) is 7.39. The highest BCUT2D eigenvalue weighted by molar-refractivity contribution is 5.95. The third kappa shape index (κ3) is 4.59. The Morgan fingerprint density at radius 3 is 1.81 bits per heavy atom. The molecule has 5 heterocycles. The van der Waals surface area contributed by atoms with E-state index in [-0.39, 0.29) is 0 Å². The van der Waals surface area contributed by atoms with E-state index in [0.717, 1.165) is 72.8 Å². The summed E-state index contributed by atoms with van der Waals surface area (Å²) in [6.45, 7) is 0. The summed E-state index contributed by atoms with van der Waals surface area (Å²) in [5.74, 6) is 0. The second-order valence-corrected chi connectivity index (χ2v) is 10.1. The van der Waals surface area contributed by atoms with E-state index >= 15 is 0 Å². The van der Waals surface area contributed by atoms with Gasteiger partial charge >= 0.3 is 0 Å². The average Bonchev–Trinajstić information content (AvgIpc) is 3.53. The summed E-state index contributed by atoms with van der Waals surface area (Å²) in [5.41, 5.74) is 8.98. The van der Waals surface area contributed by atoms with Crippen LogP contribution in [0.15, 0.2) is 140 Å². The van der Waals surface area contributed by atoms with Gasteiger partial charge in [0, 0.05) is 28.9 Å². The standard InChI is InChI=1S/C36H23N7/c1-2-12-26-24(10-1)11-7-19-35(26)43-41-34-23-25(28-15-8-17-32(39-28)30-13-3-5-20-37-30)22-27(36(34)42-43)29-16-9-18-33(40-29)31-14-4-6-21-38-31/h1-23H. The Hall–Kier alpha value is -6.08. The molecule has 7 heteroatoms. The maximum atomic E-state index is 5.03. The van der Waals surface area contributed by atoms with Crippen molar-refractivity contribution in [3.05, 3.63) is 140 Å². The lowest BCUT2D eigenvalue weighted by molar-refractivity contribution is 0.771. The first-order chi connectivity index (χ1) is 21.3. The molecule has 0 fully saturated rings. The van der Waals surface area contributed by atoms with Crippen LogP contribution in [-0.4, -0.2) is 34.9 Å². The number of pyridine rings is 4. The fourth-order valence-corrected chi connectivity index (χ4v) is 5.35. The molecule has 0 saturated carbocycles. The second-order valence-electron chi connectivity index (χ2n) is 10.1. The molecule has 0 saturated heterocycles. The van der Waals surface area contributed by atoms with Crippen LogP contribution in [0.5, 0.6) is 0 Å². The molecule has 8 aromatic rings. The summed E-state index contributed by atoms with van der Waals surface area (Å²) in [4.78, 5) is 20.7. The normalized spacial score (nSPS) is 11.3. The van der Waals surface area contributed by atoms with Gasteiger partial charge in [-0.15, -0.1) is 15.0 Å². The SMILES string of the molecule is c1ccc(-c2cccc(-c3cc(-c4cccc(-c5ccccn5)n4)c4nn(-c5cccc6ccccc56)nc4c3)n2)nc1. The Labute approximate surface area is 247 Å². The number of nitrogens with zero attached hydrogens (tertiary/aromatic N) is 7. The van der Waals surface area contributed by atoms with Gasteiger partial charge in [0.1, 0.15) is 11.0 Å². The van der Waals surface area contributed by atoms with Crippen LogP contribution in [-0.2, 0) is 0 Å². The van der Waals surface area contributed by atoms with Crippen LogP contribution in [0.3, 0.4) is 0 Å². The van der Waals surface area contributed by atoms with Crippen LogP contribution < -0.4 is 0 Å². The molecule has 0 aliphatic carbocycles. The van der Waals surface area contributed by atoms with Gasteiger partial charge in [-0.1, -0.05) is 60.7 Å². The van der Waals surface area contributed by atoms with E-state index in [9.17, 15) is 0 Å². The molecule has 7 nitrogen and oxygen atoms in total. The minimum Gasteiger partial charge on any atom is -0.255 e. The van der Waals surface area contributed by atoms with Crippen molar-refractivity contribution in [2.45, 2.75) is 0 Å². The molecule has 0 aliphatic rings. The van der Waals surface area contributed by atoms with Crippen LogP contribution in [0.4, 0.5) is 0 Å².